The summed E-state index contributed by atoms with van der Waals surface area (Å²) in [6.07, 6.45) is 1.59. The predicted octanol–water partition coefficient (Wildman–Crippen LogP) is 2.54. The van der Waals surface area contributed by atoms with Gasteiger partial charge in [-0.25, -0.2) is 9.37 Å². The highest BCUT2D eigenvalue weighted by atomic mass is 19.1. The Hall–Kier alpha value is -3.47. The molecule has 7 nitrogen and oxygen atoms in total. The van der Waals surface area contributed by atoms with Crippen molar-refractivity contribution in [3.8, 4) is 6.07 Å². The monoisotopic (exact) mass is 437 g/mol. The van der Waals surface area contributed by atoms with Gasteiger partial charge in [-0.1, -0.05) is 12.1 Å². The fourth-order valence-corrected chi connectivity index (χ4v) is 4.08. The van der Waals surface area contributed by atoms with Gasteiger partial charge in [-0.05, 0) is 56.0 Å². The number of carbonyl (C=O) groups is 2. The first-order valence-electron chi connectivity index (χ1n) is 10.7. The number of nitrogens with one attached hydrogen (secondary N) is 2. The number of hydrogen-bond acceptors (Lipinski definition) is 5. The van der Waals surface area contributed by atoms with Gasteiger partial charge in [0.25, 0.3) is 0 Å². The lowest BCUT2D eigenvalue weighted by molar-refractivity contribution is -0.128. The van der Waals surface area contributed by atoms with E-state index in [1.54, 1.807) is 12.1 Å². The SMILES string of the molecule is CC(=O)N[C@@H](Cc1cccc(F)c1)C(=O)NC1CCN(c2nc(C)cc(C)c2C#N)CC1. The smallest absolute Gasteiger partial charge is 0.243 e. The topological polar surface area (TPSA) is 98.1 Å². The third-order valence-electron chi connectivity index (χ3n) is 5.60. The van der Waals surface area contributed by atoms with Crippen molar-refractivity contribution in [2.24, 2.45) is 0 Å². The van der Waals surface area contributed by atoms with E-state index in [1.165, 1.54) is 19.1 Å². The molecular formula is C24H28FN5O2. The number of halogens is 1. The van der Waals surface area contributed by atoms with Crippen molar-refractivity contribution in [2.45, 2.75) is 52.1 Å². The molecule has 168 valence electrons. The summed E-state index contributed by atoms with van der Waals surface area (Å²) in [5.74, 6) is -0.294. The van der Waals surface area contributed by atoms with Gasteiger partial charge in [-0.15, -0.1) is 0 Å². The molecule has 2 N–H and O–H groups in total. The number of anilines is 1. The van der Waals surface area contributed by atoms with E-state index in [-0.39, 0.29) is 30.1 Å². The van der Waals surface area contributed by atoms with Crippen LogP contribution in [0.25, 0.3) is 0 Å². The molecule has 0 bridgehead atoms. The number of aryl methyl sites for hydroxylation is 2. The van der Waals surface area contributed by atoms with Gasteiger partial charge >= 0.3 is 0 Å². The predicted molar refractivity (Wildman–Crippen MR) is 120 cm³/mol. The Bertz CT molecular complexity index is 1040. The fourth-order valence-electron chi connectivity index (χ4n) is 4.08. The van der Waals surface area contributed by atoms with E-state index in [2.05, 4.69) is 26.6 Å². The molecule has 2 amide bonds. The maximum absolute atomic E-state index is 13.5. The van der Waals surface area contributed by atoms with Crippen molar-refractivity contribution < 1.29 is 14.0 Å². The van der Waals surface area contributed by atoms with Crippen LogP contribution in [0.2, 0.25) is 0 Å². The first-order chi connectivity index (χ1) is 15.3. The number of pyridine rings is 1. The number of amides is 2. The summed E-state index contributed by atoms with van der Waals surface area (Å²) in [4.78, 5) is 31.2. The number of aromatic nitrogens is 1. The van der Waals surface area contributed by atoms with Crippen LogP contribution in [0.5, 0.6) is 0 Å². The van der Waals surface area contributed by atoms with Crippen molar-refractivity contribution in [3.05, 3.63) is 58.5 Å². The van der Waals surface area contributed by atoms with E-state index in [4.69, 9.17) is 0 Å². The maximum atomic E-state index is 13.5. The van der Waals surface area contributed by atoms with Crippen molar-refractivity contribution >= 4 is 17.6 Å². The Balaban J connectivity index is 1.63. The summed E-state index contributed by atoms with van der Waals surface area (Å²) < 4.78 is 13.5. The summed E-state index contributed by atoms with van der Waals surface area (Å²) in [5, 5.41) is 15.2. The number of nitriles is 1. The molecule has 1 aliphatic heterocycles. The van der Waals surface area contributed by atoms with Crippen LogP contribution in [0, 0.1) is 31.0 Å². The molecular weight excluding hydrogens is 409 g/mol. The Morgan fingerprint density at radius 2 is 2.00 bits per heavy atom. The first-order valence-corrected chi connectivity index (χ1v) is 10.7. The number of rotatable bonds is 6. The van der Waals surface area contributed by atoms with Crippen LogP contribution in [0.4, 0.5) is 10.2 Å². The summed E-state index contributed by atoms with van der Waals surface area (Å²) in [7, 11) is 0. The van der Waals surface area contributed by atoms with Crippen LogP contribution in [-0.2, 0) is 16.0 Å². The largest absolute Gasteiger partial charge is 0.355 e. The van der Waals surface area contributed by atoms with Crippen LogP contribution in [0.15, 0.2) is 30.3 Å². The zero-order valence-electron chi connectivity index (χ0n) is 18.6. The number of nitrogens with zero attached hydrogens (tertiary/aromatic N) is 3. The number of hydrogen-bond donors (Lipinski definition) is 2. The number of benzene rings is 1. The molecule has 0 unspecified atom stereocenters. The normalized spacial score (nSPS) is 15.0. The molecule has 0 aliphatic carbocycles. The van der Waals surface area contributed by atoms with Gasteiger partial charge in [-0.2, -0.15) is 5.26 Å². The maximum Gasteiger partial charge on any atom is 0.243 e. The van der Waals surface area contributed by atoms with Crippen LogP contribution in [0.1, 0.15) is 42.1 Å². The minimum absolute atomic E-state index is 0.0565. The van der Waals surface area contributed by atoms with E-state index in [0.717, 1.165) is 11.3 Å². The summed E-state index contributed by atoms with van der Waals surface area (Å²) >= 11 is 0. The molecule has 1 aliphatic rings. The van der Waals surface area contributed by atoms with E-state index < -0.39 is 6.04 Å². The molecule has 0 spiro atoms. The fraction of sp³-hybridized carbons (Fsp3) is 0.417. The van der Waals surface area contributed by atoms with Crippen LogP contribution in [-0.4, -0.2) is 42.0 Å². The van der Waals surface area contributed by atoms with Gasteiger partial charge in [-0.3, -0.25) is 9.59 Å². The molecule has 1 aromatic carbocycles. The van der Waals surface area contributed by atoms with Gasteiger partial charge < -0.3 is 15.5 Å². The quantitative estimate of drug-likeness (QED) is 0.724. The van der Waals surface area contributed by atoms with Crippen molar-refractivity contribution in [1.82, 2.24) is 15.6 Å². The Morgan fingerprint density at radius 1 is 1.28 bits per heavy atom. The van der Waals surface area contributed by atoms with E-state index in [9.17, 15) is 19.2 Å². The van der Waals surface area contributed by atoms with E-state index >= 15 is 0 Å². The average molecular weight is 438 g/mol. The van der Waals surface area contributed by atoms with Crippen molar-refractivity contribution in [1.29, 1.82) is 5.26 Å². The molecule has 2 aromatic rings. The third kappa shape index (κ3) is 5.82. The molecule has 1 atom stereocenters. The van der Waals surface area contributed by atoms with E-state index in [1.807, 2.05) is 19.9 Å². The molecule has 1 saturated heterocycles. The van der Waals surface area contributed by atoms with E-state index in [0.29, 0.717) is 42.9 Å². The number of carbonyl (C=O) groups excluding carboxylic acids is 2. The van der Waals surface area contributed by atoms with Crippen molar-refractivity contribution in [3.63, 3.8) is 0 Å². The molecule has 1 fully saturated rings. The average Bonchev–Trinajstić information content (AvgIpc) is 2.73. The zero-order valence-corrected chi connectivity index (χ0v) is 18.6. The van der Waals surface area contributed by atoms with Gasteiger partial charge in [0.05, 0.1) is 5.56 Å². The minimum Gasteiger partial charge on any atom is -0.355 e. The molecule has 8 heteroatoms. The molecule has 1 aromatic heterocycles. The van der Waals surface area contributed by atoms with Gasteiger partial charge in [0.15, 0.2) is 0 Å². The molecule has 3 rings (SSSR count). The standard InChI is InChI=1S/C24H28FN5O2/c1-15-11-16(2)27-23(21(15)14-26)30-9-7-20(8-10-30)29-24(32)22(28-17(3)31)13-18-5-4-6-19(25)12-18/h4-6,11-12,20,22H,7-10,13H2,1-3H3,(H,28,31)(H,29,32)/t22-/m0/s1. The lowest BCUT2D eigenvalue weighted by Gasteiger charge is -2.34. The second kappa shape index (κ2) is 10.2. The third-order valence-corrected chi connectivity index (χ3v) is 5.60. The molecule has 0 saturated carbocycles. The molecule has 2 heterocycles. The summed E-state index contributed by atoms with van der Waals surface area (Å²) in [6, 6.07) is 9.33. The highest BCUT2D eigenvalue weighted by Gasteiger charge is 2.27. The van der Waals surface area contributed by atoms with Gasteiger partial charge in [0, 0.05) is 38.2 Å². The summed E-state index contributed by atoms with van der Waals surface area (Å²) in [6.45, 7) is 6.48. The first kappa shape index (κ1) is 23.2. The molecule has 32 heavy (non-hydrogen) atoms. The lowest BCUT2D eigenvalue weighted by atomic mass is 10.0. The Kier molecular flexibility index (Phi) is 7.41. The van der Waals surface area contributed by atoms with Crippen LogP contribution < -0.4 is 15.5 Å². The highest BCUT2D eigenvalue weighted by Crippen LogP contribution is 2.25. The van der Waals surface area contributed by atoms with Crippen LogP contribution >= 0.6 is 0 Å². The highest BCUT2D eigenvalue weighted by molar-refractivity contribution is 5.87. The second-order valence-electron chi connectivity index (χ2n) is 8.25. The van der Waals surface area contributed by atoms with Gasteiger partial charge in [0.2, 0.25) is 11.8 Å². The molecule has 0 radical (unpaired) electrons. The second-order valence-corrected chi connectivity index (χ2v) is 8.25. The number of piperidine rings is 1. The van der Waals surface area contributed by atoms with Gasteiger partial charge in [0.1, 0.15) is 23.7 Å². The minimum atomic E-state index is -0.779. The zero-order chi connectivity index (χ0) is 23.3. The lowest BCUT2D eigenvalue weighted by Crippen LogP contribution is -2.52. The summed E-state index contributed by atoms with van der Waals surface area (Å²) in [5.41, 5.74) is 2.99. The van der Waals surface area contributed by atoms with Crippen LogP contribution in [0.3, 0.4) is 0 Å². The van der Waals surface area contributed by atoms with Crippen molar-refractivity contribution in [2.75, 3.05) is 18.0 Å². The Labute approximate surface area is 187 Å². The Morgan fingerprint density at radius 3 is 2.62 bits per heavy atom.